The summed E-state index contributed by atoms with van der Waals surface area (Å²) in [6.45, 7) is 11.2. The van der Waals surface area contributed by atoms with Crippen molar-refractivity contribution in [2.75, 3.05) is 32.9 Å². The summed E-state index contributed by atoms with van der Waals surface area (Å²) in [4.78, 5) is 17.7. The van der Waals surface area contributed by atoms with E-state index in [4.69, 9.17) is 9.47 Å². The monoisotopic (exact) mass is 242 g/mol. The van der Waals surface area contributed by atoms with Crippen LogP contribution >= 0.6 is 0 Å². The molecular weight excluding hydrogens is 220 g/mol. The largest absolute Gasteiger partial charge is 0.448 e. The van der Waals surface area contributed by atoms with Gasteiger partial charge in [-0.25, -0.2) is 4.79 Å². The van der Waals surface area contributed by atoms with Crippen molar-refractivity contribution in [2.24, 2.45) is 10.4 Å². The molecule has 0 atom stereocenters. The lowest BCUT2D eigenvalue weighted by Gasteiger charge is -2.35. The van der Waals surface area contributed by atoms with Crippen molar-refractivity contribution in [3.8, 4) is 0 Å². The van der Waals surface area contributed by atoms with Crippen LogP contribution in [0, 0.1) is 5.41 Å². The minimum Gasteiger partial charge on any atom is -0.448 e. The summed E-state index contributed by atoms with van der Waals surface area (Å²) < 4.78 is 10.2. The molecule has 98 valence electrons. The lowest BCUT2D eigenvalue weighted by molar-refractivity contribution is 0.0642. The summed E-state index contributed by atoms with van der Waals surface area (Å²) in [5, 5.41) is 0. The summed E-state index contributed by atoms with van der Waals surface area (Å²) >= 11 is 0. The Bertz CT molecular complexity index is 289. The zero-order chi connectivity index (χ0) is 12.9. The highest BCUT2D eigenvalue weighted by Crippen LogP contribution is 2.20. The van der Waals surface area contributed by atoms with E-state index in [9.17, 15) is 4.79 Å². The Morgan fingerprint density at radius 1 is 1.35 bits per heavy atom. The van der Waals surface area contributed by atoms with Gasteiger partial charge in [0.15, 0.2) is 0 Å². The molecule has 0 N–H and O–H groups in total. The van der Waals surface area contributed by atoms with Crippen LogP contribution < -0.4 is 0 Å². The Morgan fingerprint density at radius 2 is 1.94 bits per heavy atom. The van der Waals surface area contributed by atoms with Gasteiger partial charge >= 0.3 is 6.09 Å². The van der Waals surface area contributed by atoms with Crippen molar-refractivity contribution < 1.29 is 14.3 Å². The molecule has 5 nitrogen and oxygen atoms in total. The van der Waals surface area contributed by atoms with E-state index in [1.807, 2.05) is 20.8 Å². The molecule has 0 aromatic rings. The van der Waals surface area contributed by atoms with Gasteiger partial charge in [-0.15, -0.1) is 0 Å². The Labute approximate surface area is 103 Å². The molecule has 1 aliphatic rings. The first-order valence-electron chi connectivity index (χ1n) is 6.03. The van der Waals surface area contributed by atoms with E-state index < -0.39 is 6.09 Å². The van der Waals surface area contributed by atoms with Crippen LogP contribution in [-0.2, 0) is 9.47 Å². The second-order valence-corrected chi connectivity index (χ2v) is 4.98. The van der Waals surface area contributed by atoms with Gasteiger partial charge in [-0.3, -0.25) is 0 Å². The van der Waals surface area contributed by atoms with Gasteiger partial charge in [0, 0.05) is 18.5 Å². The average Bonchev–Trinajstić information content (AvgIpc) is 2.26. The van der Waals surface area contributed by atoms with Crippen molar-refractivity contribution in [3.05, 3.63) is 0 Å². The first-order chi connectivity index (χ1) is 7.95. The summed E-state index contributed by atoms with van der Waals surface area (Å²) in [5.74, 6) is 0.777. The van der Waals surface area contributed by atoms with Gasteiger partial charge in [0.1, 0.15) is 5.84 Å². The van der Waals surface area contributed by atoms with E-state index in [2.05, 4.69) is 9.89 Å². The van der Waals surface area contributed by atoms with E-state index >= 15 is 0 Å². The maximum Gasteiger partial charge on any atom is 0.435 e. The Morgan fingerprint density at radius 3 is 2.41 bits per heavy atom. The fourth-order valence-electron chi connectivity index (χ4n) is 1.73. The smallest absolute Gasteiger partial charge is 0.435 e. The van der Waals surface area contributed by atoms with Crippen molar-refractivity contribution in [3.63, 3.8) is 0 Å². The van der Waals surface area contributed by atoms with Crippen LogP contribution in [0.2, 0.25) is 0 Å². The molecule has 0 saturated carbocycles. The summed E-state index contributed by atoms with van der Waals surface area (Å²) in [7, 11) is 0. The van der Waals surface area contributed by atoms with Crippen LogP contribution in [0.25, 0.3) is 0 Å². The standard InChI is InChI=1S/C12H22N2O3/c1-5-17-11(15)13-10(12(2,3)4)14-6-8-16-9-7-14/h5-9H2,1-4H3. The highest BCUT2D eigenvalue weighted by atomic mass is 16.5. The number of carbonyl (C=O) groups excluding carboxylic acids is 1. The van der Waals surface area contributed by atoms with E-state index in [1.165, 1.54) is 0 Å². The topological polar surface area (TPSA) is 51.1 Å². The highest BCUT2D eigenvalue weighted by molar-refractivity contribution is 5.95. The molecule has 1 aliphatic heterocycles. The highest BCUT2D eigenvalue weighted by Gasteiger charge is 2.27. The van der Waals surface area contributed by atoms with Crippen LogP contribution in [0.5, 0.6) is 0 Å². The maximum atomic E-state index is 11.5. The van der Waals surface area contributed by atoms with Crippen molar-refractivity contribution in [1.29, 1.82) is 0 Å². The molecule has 1 rings (SSSR count). The van der Waals surface area contributed by atoms with Crippen LogP contribution in [0.4, 0.5) is 4.79 Å². The average molecular weight is 242 g/mol. The Balaban J connectivity index is 2.83. The summed E-state index contributed by atoms with van der Waals surface area (Å²) in [6, 6.07) is 0. The first-order valence-corrected chi connectivity index (χ1v) is 6.03. The van der Waals surface area contributed by atoms with Gasteiger partial charge in [0.05, 0.1) is 19.8 Å². The molecule has 1 amide bonds. The number of hydrogen-bond acceptors (Lipinski definition) is 3. The molecule has 5 heteroatoms. The lowest BCUT2D eigenvalue weighted by Crippen LogP contribution is -2.46. The molecule has 0 aromatic carbocycles. The van der Waals surface area contributed by atoms with Gasteiger partial charge in [0.25, 0.3) is 0 Å². The number of amides is 1. The second kappa shape index (κ2) is 6.00. The molecule has 0 bridgehead atoms. The van der Waals surface area contributed by atoms with E-state index in [0.29, 0.717) is 19.8 Å². The van der Waals surface area contributed by atoms with Crippen molar-refractivity contribution in [2.45, 2.75) is 27.7 Å². The molecule has 0 aliphatic carbocycles. The molecule has 0 spiro atoms. The lowest BCUT2D eigenvalue weighted by atomic mass is 9.93. The van der Waals surface area contributed by atoms with Crippen LogP contribution in [0.15, 0.2) is 4.99 Å². The van der Waals surface area contributed by atoms with Crippen LogP contribution in [-0.4, -0.2) is 49.7 Å². The van der Waals surface area contributed by atoms with E-state index in [1.54, 1.807) is 6.92 Å². The molecule has 1 saturated heterocycles. The molecular formula is C12H22N2O3. The van der Waals surface area contributed by atoms with Gasteiger partial charge in [0.2, 0.25) is 0 Å². The first kappa shape index (κ1) is 14.0. The minimum atomic E-state index is -0.510. The van der Waals surface area contributed by atoms with Gasteiger partial charge < -0.3 is 14.4 Å². The normalized spacial score (nSPS) is 18.1. The van der Waals surface area contributed by atoms with Gasteiger partial charge in [-0.05, 0) is 6.92 Å². The number of hydrogen-bond donors (Lipinski definition) is 0. The third kappa shape index (κ3) is 4.34. The molecule has 0 aromatic heterocycles. The number of morpholine rings is 1. The van der Waals surface area contributed by atoms with Crippen LogP contribution in [0.3, 0.4) is 0 Å². The molecule has 0 radical (unpaired) electrons. The quantitative estimate of drug-likeness (QED) is 0.520. The van der Waals surface area contributed by atoms with Gasteiger partial charge in [-0.1, -0.05) is 20.8 Å². The number of rotatable bonds is 1. The molecule has 1 heterocycles. The third-order valence-electron chi connectivity index (χ3n) is 2.45. The van der Waals surface area contributed by atoms with Crippen LogP contribution in [0.1, 0.15) is 27.7 Å². The predicted molar refractivity (Wildman–Crippen MR) is 66.3 cm³/mol. The Hall–Kier alpha value is -1.10. The molecule has 0 unspecified atom stereocenters. The summed E-state index contributed by atoms with van der Waals surface area (Å²) in [6.07, 6.45) is -0.510. The molecule has 1 fully saturated rings. The number of aliphatic imine (C=N–C) groups is 1. The SMILES string of the molecule is CCOC(=O)N=C(N1CCOCC1)C(C)(C)C. The molecule has 17 heavy (non-hydrogen) atoms. The van der Waals surface area contributed by atoms with E-state index in [-0.39, 0.29) is 5.41 Å². The number of amidine groups is 1. The number of carbonyl (C=O) groups is 1. The zero-order valence-corrected chi connectivity index (χ0v) is 11.2. The number of nitrogens with zero attached hydrogens (tertiary/aromatic N) is 2. The Kier molecular flexibility index (Phi) is 4.93. The number of ether oxygens (including phenoxy) is 2. The summed E-state index contributed by atoms with van der Waals surface area (Å²) in [5.41, 5.74) is -0.176. The maximum absolute atomic E-state index is 11.5. The third-order valence-corrected chi connectivity index (χ3v) is 2.45. The second-order valence-electron chi connectivity index (χ2n) is 4.98. The minimum absolute atomic E-state index is 0.176. The fraction of sp³-hybridized carbons (Fsp3) is 0.833. The van der Waals surface area contributed by atoms with Gasteiger partial charge in [-0.2, -0.15) is 4.99 Å². The fourth-order valence-corrected chi connectivity index (χ4v) is 1.73. The zero-order valence-electron chi connectivity index (χ0n) is 11.2. The van der Waals surface area contributed by atoms with E-state index in [0.717, 1.165) is 18.9 Å². The van der Waals surface area contributed by atoms with Crippen molar-refractivity contribution >= 4 is 11.9 Å². The van der Waals surface area contributed by atoms with Crippen molar-refractivity contribution in [1.82, 2.24) is 4.90 Å². The predicted octanol–water partition coefficient (Wildman–Crippen LogP) is 1.92.